The van der Waals surface area contributed by atoms with E-state index in [1.165, 1.54) is 12.7 Å². The average Bonchev–Trinajstić information content (AvgIpc) is 2.45. The van der Waals surface area contributed by atoms with E-state index in [0.29, 0.717) is 0 Å². The summed E-state index contributed by atoms with van der Waals surface area (Å²) in [7, 11) is 1.29. The van der Waals surface area contributed by atoms with E-state index in [-0.39, 0.29) is 12.1 Å². The van der Waals surface area contributed by atoms with E-state index in [9.17, 15) is 9.59 Å². The molecule has 1 rings (SSSR count). The number of carbonyl (C=O) groups is 2. The van der Waals surface area contributed by atoms with Crippen molar-refractivity contribution < 1.29 is 14.3 Å². The van der Waals surface area contributed by atoms with Gasteiger partial charge in [-0.25, -0.2) is 9.59 Å². The number of benzene rings is 1. The standard InChI is InChI=1S/C15H22N2O3/c1-11(9-10-13-7-5-4-6-8-13)16-15(19)17-12(2)14(18)20-3/h4-8,11-12H,9-10H2,1-3H3,(H2,16,17,19)/t11-,12-/m1/s1. The van der Waals surface area contributed by atoms with Crippen molar-refractivity contribution in [1.29, 1.82) is 0 Å². The molecule has 0 aromatic heterocycles. The van der Waals surface area contributed by atoms with Crippen molar-refractivity contribution in [3.63, 3.8) is 0 Å². The second-order valence-electron chi connectivity index (χ2n) is 4.79. The fraction of sp³-hybridized carbons (Fsp3) is 0.467. The molecule has 0 aliphatic carbocycles. The maximum Gasteiger partial charge on any atom is 0.328 e. The van der Waals surface area contributed by atoms with Gasteiger partial charge in [0.1, 0.15) is 6.04 Å². The van der Waals surface area contributed by atoms with E-state index in [0.717, 1.165) is 12.8 Å². The van der Waals surface area contributed by atoms with E-state index in [1.807, 2.05) is 25.1 Å². The normalized spacial score (nSPS) is 13.2. The Morgan fingerprint density at radius 2 is 1.80 bits per heavy atom. The Hall–Kier alpha value is -2.04. The number of nitrogens with one attached hydrogen (secondary N) is 2. The second-order valence-corrected chi connectivity index (χ2v) is 4.79. The van der Waals surface area contributed by atoms with Crippen LogP contribution < -0.4 is 10.6 Å². The molecule has 0 aliphatic rings. The predicted molar refractivity (Wildman–Crippen MR) is 77.4 cm³/mol. The van der Waals surface area contributed by atoms with E-state index in [2.05, 4.69) is 27.5 Å². The van der Waals surface area contributed by atoms with Gasteiger partial charge in [0.25, 0.3) is 0 Å². The van der Waals surface area contributed by atoms with E-state index >= 15 is 0 Å². The summed E-state index contributed by atoms with van der Waals surface area (Å²) < 4.78 is 4.54. The first-order valence-corrected chi connectivity index (χ1v) is 6.71. The number of hydrogen-bond donors (Lipinski definition) is 2. The Bertz CT molecular complexity index is 434. The molecule has 2 N–H and O–H groups in total. The Morgan fingerprint density at radius 1 is 1.15 bits per heavy atom. The molecule has 0 spiro atoms. The lowest BCUT2D eigenvalue weighted by molar-refractivity contribution is -0.142. The third kappa shape index (κ3) is 5.73. The molecule has 0 bridgehead atoms. The molecule has 0 heterocycles. The molecule has 0 fully saturated rings. The minimum absolute atomic E-state index is 0.0278. The molecule has 110 valence electrons. The molecule has 2 atom stereocenters. The molecule has 0 aliphatic heterocycles. The zero-order chi connectivity index (χ0) is 15.0. The Balaban J connectivity index is 2.29. The summed E-state index contributed by atoms with van der Waals surface area (Å²) in [6, 6.07) is 9.12. The summed E-state index contributed by atoms with van der Waals surface area (Å²) >= 11 is 0. The topological polar surface area (TPSA) is 67.4 Å². The van der Waals surface area contributed by atoms with E-state index < -0.39 is 12.0 Å². The van der Waals surface area contributed by atoms with Gasteiger partial charge >= 0.3 is 12.0 Å². The van der Waals surface area contributed by atoms with Gasteiger partial charge in [-0.2, -0.15) is 0 Å². The Morgan fingerprint density at radius 3 is 2.40 bits per heavy atom. The van der Waals surface area contributed by atoms with Crippen molar-refractivity contribution in [3.8, 4) is 0 Å². The van der Waals surface area contributed by atoms with E-state index in [4.69, 9.17) is 0 Å². The smallest absolute Gasteiger partial charge is 0.328 e. The van der Waals surface area contributed by atoms with Crippen LogP contribution in [0.3, 0.4) is 0 Å². The van der Waals surface area contributed by atoms with Crippen LogP contribution in [0.2, 0.25) is 0 Å². The van der Waals surface area contributed by atoms with Gasteiger partial charge in [0.2, 0.25) is 0 Å². The summed E-state index contributed by atoms with van der Waals surface area (Å²) in [6.45, 7) is 3.52. The average molecular weight is 278 g/mol. The van der Waals surface area contributed by atoms with Crippen LogP contribution in [-0.4, -0.2) is 31.2 Å². The summed E-state index contributed by atoms with van der Waals surface area (Å²) in [5, 5.41) is 5.34. The SMILES string of the molecule is COC(=O)[C@@H](C)NC(=O)N[C@H](C)CCc1ccccc1. The molecule has 0 saturated carbocycles. The van der Waals surface area contributed by atoms with Crippen molar-refractivity contribution in [2.45, 2.75) is 38.8 Å². The lowest BCUT2D eigenvalue weighted by Gasteiger charge is -2.17. The number of rotatable bonds is 6. The van der Waals surface area contributed by atoms with Crippen LogP contribution >= 0.6 is 0 Å². The molecule has 2 amide bonds. The van der Waals surface area contributed by atoms with Gasteiger partial charge in [0.05, 0.1) is 7.11 Å². The highest BCUT2D eigenvalue weighted by molar-refractivity contribution is 5.83. The van der Waals surface area contributed by atoms with Gasteiger partial charge in [-0.15, -0.1) is 0 Å². The number of hydrogen-bond acceptors (Lipinski definition) is 3. The van der Waals surface area contributed by atoms with Gasteiger partial charge < -0.3 is 15.4 Å². The van der Waals surface area contributed by atoms with Crippen LogP contribution in [0.4, 0.5) is 4.79 Å². The lowest BCUT2D eigenvalue weighted by atomic mass is 10.1. The third-order valence-electron chi connectivity index (χ3n) is 2.99. The molecule has 1 aromatic carbocycles. The lowest BCUT2D eigenvalue weighted by Crippen LogP contribution is -2.47. The molecule has 1 aromatic rings. The van der Waals surface area contributed by atoms with Gasteiger partial charge in [0.15, 0.2) is 0 Å². The maximum atomic E-state index is 11.7. The van der Waals surface area contributed by atoms with Crippen LogP contribution in [0.1, 0.15) is 25.8 Å². The first kappa shape index (κ1) is 16.0. The van der Waals surface area contributed by atoms with Crippen LogP contribution in [0.15, 0.2) is 30.3 Å². The van der Waals surface area contributed by atoms with Crippen LogP contribution in [0.5, 0.6) is 0 Å². The first-order valence-electron chi connectivity index (χ1n) is 6.71. The van der Waals surface area contributed by atoms with Gasteiger partial charge in [-0.1, -0.05) is 30.3 Å². The Kier molecular flexibility index (Phi) is 6.56. The fourth-order valence-electron chi connectivity index (χ4n) is 1.80. The Labute approximate surface area is 119 Å². The third-order valence-corrected chi connectivity index (χ3v) is 2.99. The number of carbonyl (C=O) groups excluding carboxylic acids is 2. The first-order chi connectivity index (χ1) is 9.52. The maximum absolute atomic E-state index is 11.7. The zero-order valence-corrected chi connectivity index (χ0v) is 12.2. The highest BCUT2D eigenvalue weighted by atomic mass is 16.5. The second kappa shape index (κ2) is 8.19. The molecular weight excluding hydrogens is 256 g/mol. The highest BCUT2D eigenvalue weighted by Crippen LogP contribution is 2.04. The molecule has 5 heteroatoms. The summed E-state index contributed by atoms with van der Waals surface area (Å²) in [6.07, 6.45) is 1.74. The van der Waals surface area contributed by atoms with Crippen LogP contribution in [-0.2, 0) is 16.0 Å². The van der Waals surface area contributed by atoms with E-state index in [1.54, 1.807) is 6.92 Å². The van der Waals surface area contributed by atoms with Crippen molar-refractivity contribution in [2.24, 2.45) is 0 Å². The zero-order valence-electron chi connectivity index (χ0n) is 12.2. The van der Waals surface area contributed by atoms with Crippen LogP contribution in [0, 0.1) is 0 Å². The minimum Gasteiger partial charge on any atom is -0.467 e. The monoisotopic (exact) mass is 278 g/mol. The number of amides is 2. The summed E-state index contributed by atoms with van der Waals surface area (Å²) in [5.41, 5.74) is 1.24. The van der Waals surface area contributed by atoms with Gasteiger partial charge in [-0.05, 0) is 32.3 Å². The molecule has 0 radical (unpaired) electrons. The minimum atomic E-state index is -0.652. The number of esters is 1. The highest BCUT2D eigenvalue weighted by Gasteiger charge is 2.16. The largest absolute Gasteiger partial charge is 0.467 e. The predicted octanol–water partition coefficient (Wildman–Crippen LogP) is 1.87. The summed E-state index contributed by atoms with van der Waals surface area (Å²) in [4.78, 5) is 22.8. The summed E-state index contributed by atoms with van der Waals surface area (Å²) in [5.74, 6) is -0.461. The van der Waals surface area contributed by atoms with Crippen molar-refractivity contribution >= 4 is 12.0 Å². The molecule has 5 nitrogen and oxygen atoms in total. The molecule has 20 heavy (non-hydrogen) atoms. The fourth-order valence-corrected chi connectivity index (χ4v) is 1.80. The van der Waals surface area contributed by atoms with Crippen molar-refractivity contribution in [1.82, 2.24) is 10.6 Å². The van der Waals surface area contributed by atoms with Crippen molar-refractivity contribution in [3.05, 3.63) is 35.9 Å². The number of methoxy groups -OCH3 is 1. The molecular formula is C15H22N2O3. The number of ether oxygens (including phenoxy) is 1. The molecule has 0 saturated heterocycles. The molecule has 0 unspecified atom stereocenters. The van der Waals surface area contributed by atoms with Gasteiger partial charge in [-0.3, -0.25) is 0 Å². The van der Waals surface area contributed by atoms with Crippen molar-refractivity contribution in [2.75, 3.05) is 7.11 Å². The number of urea groups is 1. The van der Waals surface area contributed by atoms with Gasteiger partial charge in [0, 0.05) is 6.04 Å². The number of aryl methyl sites for hydroxylation is 1. The quantitative estimate of drug-likeness (QED) is 0.781. The van der Waals surface area contributed by atoms with Crippen LogP contribution in [0.25, 0.3) is 0 Å².